The van der Waals surface area contributed by atoms with Gasteiger partial charge in [-0.25, -0.2) is 0 Å². The van der Waals surface area contributed by atoms with Crippen LogP contribution in [0.4, 0.5) is 5.69 Å². The first-order valence-corrected chi connectivity index (χ1v) is 6.06. The number of hydrogen-bond acceptors (Lipinski definition) is 2. The predicted molar refractivity (Wildman–Crippen MR) is 77.9 cm³/mol. The first kappa shape index (κ1) is 13.0. The smallest absolute Gasteiger partial charge is 0.258 e. The predicted octanol–water partition coefficient (Wildman–Crippen LogP) is 4.38. The molecule has 0 saturated heterocycles. The molecular formula is C16H15NO2. The van der Waals surface area contributed by atoms with Crippen LogP contribution in [0.2, 0.25) is 0 Å². The summed E-state index contributed by atoms with van der Waals surface area (Å²) in [6.45, 7) is 3.54. The molecule has 2 aromatic carbocycles. The van der Waals surface area contributed by atoms with E-state index in [-0.39, 0.29) is 10.6 Å². The molecule has 0 aliphatic carbocycles. The minimum atomic E-state index is -0.324. The van der Waals surface area contributed by atoms with Crippen LogP contribution in [0.15, 0.2) is 42.5 Å². The maximum Gasteiger partial charge on any atom is 0.275 e. The van der Waals surface area contributed by atoms with Crippen molar-refractivity contribution in [3.05, 3.63) is 74.8 Å². The van der Waals surface area contributed by atoms with E-state index >= 15 is 0 Å². The van der Waals surface area contributed by atoms with E-state index in [9.17, 15) is 10.1 Å². The van der Waals surface area contributed by atoms with Crippen molar-refractivity contribution in [1.29, 1.82) is 0 Å². The molecule has 19 heavy (non-hydrogen) atoms. The minimum absolute atomic E-state index is 0.205. The Kier molecular flexibility index (Phi) is 3.76. The van der Waals surface area contributed by atoms with Crippen molar-refractivity contribution in [2.45, 2.75) is 13.8 Å². The number of nitro groups is 1. The van der Waals surface area contributed by atoms with Crippen molar-refractivity contribution in [2.75, 3.05) is 0 Å². The third-order valence-electron chi connectivity index (χ3n) is 2.96. The van der Waals surface area contributed by atoms with Crippen LogP contribution < -0.4 is 0 Å². The van der Waals surface area contributed by atoms with Crippen molar-refractivity contribution >= 4 is 17.8 Å². The molecule has 0 amide bonds. The summed E-state index contributed by atoms with van der Waals surface area (Å²) in [7, 11) is 0. The molecule has 0 aliphatic heterocycles. The lowest BCUT2D eigenvalue weighted by Gasteiger charge is -2.03. The van der Waals surface area contributed by atoms with Crippen molar-refractivity contribution in [2.24, 2.45) is 0 Å². The van der Waals surface area contributed by atoms with Crippen LogP contribution in [0.5, 0.6) is 0 Å². The Balaban J connectivity index is 2.33. The SMILES string of the molecule is Cc1cc(/C=C/c2ccccc2)cc(C)c1[N+](=O)[O-]. The second kappa shape index (κ2) is 5.48. The molecule has 3 heteroatoms. The molecular weight excluding hydrogens is 238 g/mol. The lowest BCUT2D eigenvalue weighted by molar-refractivity contribution is -0.386. The molecule has 0 spiro atoms. The van der Waals surface area contributed by atoms with Crippen LogP contribution in [-0.2, 0) is 0 Å². The first-order chi connectivity index (χ1) is 9.08. The molecule has 0 unspecified atom stereocenters. The van der Waals surface area contributed by atoms with Gasteiger partial charge in [0.05, 0.1) is 4.92 Å². The molecule has 0 N–H and O–H groups in total. The highest BCUT2D eigenvalue weighted by molar-refractivity contribution is 5.71. The molecule has 0 bridgehead atoms. The number of rotatable bonds is 3. The Labute approximate surface area is 112 Å². The van der Waals surface area contributed by atoms with E-state index in [0.717, 1.165) is 11.1 Å². The summed E-state index contributed by atoms with van der Waals surface area (Å²) < 4.78 is 0. The van der Waals surface area contributed by atoms with Gasteiger partial charge in [0, 0.05) is 11.1 Å². The number of benzene rings is 2. The normalized spacial score (nSPS) is 10.8. The zero-order valence-corrected chi connectivity index (χ0v) is 11.0. The summed E-state index contributed by atoms with van der Waals surface area (Å²) >= 11 is 0. The zero-order chi connectivity index (χ0) is 13.8. The molecule has 0 saturated carbocycles. The molecule has 0 aromatic heterocycles. The summed E-state index contributed by atoms with van der Waals surface area (Å²) in [4.78, 5) is 10.6. The number of aryl methyl sites for hydroxylation is 2. The Morgan fingerprint density at radius 1 is 0.947 bits per heavy atom. The fraction of sp³-hybridized carbons (Fsp3) is 0.125. The van der Waals surface area contributed by atoms with E-state index in [4.69, 9.17) is 0 Å². The Morgan fingerprint density at radius 3 is 2.00 bits per heavy atom. The summed E-state index contributed by atoms with van der Waals surface area (Å²) in [6, 6.07) is 13.6. The third-order valence-corrected chi connectivity index (χ3v) is 2.96. The van der Waals surface area contributed by atoms with Crippen LogP contribution >= 0.6 is 0 Å². The average Bonchev–Trinajstić information content (AvgIpc) is 2.36. The summed E-state index contributed by atoms with van der Waals surface area (Å²) in [5.74, 6) is 0. The molecule has 0 atom stereocenters. The van der Waals surface area contributed by atoms with Crippen LogP contribution in [0.3, 0.4) is 0 Å². The van der Waals surface area contributed by atoms with Crippen LogP contribution in [0.1, 0.15) is 22.3 Å². The van der Waals surface area contributed by atoms with Gasteiger partial charge in [0.15, 0.2) is 0 Å². The number of hydrogen-bond donors (Lipinski definition) is 0. The van der Waals surface area contributed by atoms with Gasteiger partial charge in [-0.15, -0.1) is 0 Å². The average molecular weight is 253 g/mol. The highest BCUT2D eigenvalue weighted by atomic mass is 16.6. The maximum atomic E-state index is 10.9. The lowest BCUT2D eigenvalue weighted by Crippen LogP contribution is -1.95. The van der Waals surface area contributed by atoms with Crippen molar-refractivity contribution in [3.63, 3.8) is 0 Å². The van der Waals surface area contributed by atoms with E-state index in [2.05, 4.69) is 0 Å². The summed E-state index contributed by atoms with van der Waals surface area (Å²) in [5.41, 5.74) is 3.67. The van der Waals surface area contributed by atoms with Gasteiger partial charge < -0.3 is 0 Å². The van der Waals surface area contributed by atoms with Gasteiger partial charge in [-0.1, -0.05) is 42.5 Å². The van der Waals surface area contributed by atoms with E-state index in [0.29, 0.717) is 11.1 Å². The molecule has 0 fully saturated rings. The van der Waals surface area contributed by atoms with Gasteiger partial charge in [0.1, 0.15) is 0 Å². The van der Waals surface area contributed by atoms with Crippen LogP contribution in [0, 0.1) is 24.0 Å². The summed E-state index contributed by atoms with van der Waals surface area (Å²) in [6.07, 6.45) is 3.97. The van der Waals surface area contributed by atoms with Gasteiger partial charge in [-0.2, -0.15) is 0 Å². The molecule has 0 radical (unpaired) electrons. The van der Waals surface area contributed by atoms with E-state index in [1.54, 1.807) is 13.8 Å². The van der Waals surface area contributed by atoms with Gasteiger partial charge in [-0.3, -0.25) is 10.1 Å². The second-order valence-corrected chi connectivity index (χ2v) is 4.50. The molecule has 0 aliphatic rings. The van der Waals surface area contributed by atoms with Gasteiger partial charge in [0.2, 0.25) is 0 Å². The van der Waals surface area contributed by atoms with E-state index in [1.807, 2.05) is 54.6 Å². The fourth-order valence-electron chi connectivity index (χ4n) is 2.13. The molecule has 2 rings (SSSR count). The highest BCUT2D eigenvalue weighted by Crippen LogP contribution is 2.25. The molecule has 0 heterocycles. The topological polar surface area (TPSA) is 43.1 Å². The van der Waals surface area contributed by atoms with Crippen LogP contribution in [0.25, 0.3) is 12.2 Å². The molecule has 2 aromatic rings. The maximum absolute atomic E-state index is 10.9. The Morgan fingerprint density at radius 2 is 1.47 bits per heavy atom. The lowest BCUT2D eigenvalue weighted by atomic mass is 10.0. The van der Waals surface area contributed by atoms with E-state index in [1.165, 1.54) is 0 Å². The third kappa shape index (κ3) is 3.07. The zero-order valence-electron chi connectivity index (χ0n) is 11.0. The Bertz CT molecular complexity index is 607. The van der Waals surface area contributed by atoms with Crippen molar-refractivity contribution < 1.29 is 4.92 Å². The van der Waals surface area contributed by atoms with Gasteiger partial charge in [0.25, 0.3) is 5.69 Å². The number of nitro benzene ring substituents is 1. The fourth-order valence-corrected chi connectivity index (χ4v) is 2.13. The number of nitrogens with zero attached hydrogens (tertiary/aromatic N) is 1. The minimum Gasteiger partial charge on any atom is -0.258 e. The van der Waals surface area contributed by atoms with Crippen LogP contribution in [-0.4, -0.2) is 4.92 Å². The second-order valence-electron chi connectivity index (χ2n) is 4.50. The van der Waals surface area contributed by atoms with Crippen molar-refractivity contribution in [3.8, 4) is 0 Å². The largest absolute Gasteiger partial charge is 0.275 e. The van der Waals surface area contributed by atoms with E-state index < -0.39 is 0 Å². The summed E-state index contributed by atoms with van der Waals surface area (Å²) in [5, 5.41) is 10.9. The Hall–Kier alpha value is -2.42. The highest BCUT2D eigenvalue weighted by Gasteiger charge is 2.14. The van der Waals surface area contributed by atoms with Gasteiger partial charge in [-0.05, 0) is 37.1 Å². The quantitative estimate of drug-likeness (QED) is 0.462. The van der Waals surface area contributed by atoms with Gasteiger partial charge >= 0.3 is 0 Å². The molecule has 3 nitrogen and oxygen atoms in total. The monoisotopic (exact) mass is 253 g/mol. The standard InChI is InChI=1S/C16H15NO2/c1-12-10-15(11-13(2)16(12)17(18)19)9-8-14-6-4-3-5-7-14/h3-11H,1-2H3/b9-8+. The first-order valence-electron chi connectivity index (χ1n) is 6.06. The van der Waals surface area contributed by atoms with Crippen molar-refractivity contribution in [1.82, 2.24) is 0 Å². The molecule has 96 valence electrons.